The van der Waals surface area contributed by atoms with E-state index in [1.807, 2.05) is 0 Å². The number of rotatable bonds is 3. The third-order valence-electron chi connectivity index (χ3n) is 12.9. The van der Waals surface area contributed by atoms with Gasteiger partial charge in [0.2, 0.25) is 5.71 Å². The minimum Gasteiger partial charge on any atom is -0.439 e. The molecule has 0 N–H and O–H groups in total. The zero-order chi connectivity index (χ0) is 36.2. The van der Waals surface area contributed by atoms with Gasteiger partial charge >= 0.3 is 0 Å². The van der Waals surface area contributed by atoms with E-state index in [2.05, 4.69) is 174 Å². The van der Waals surface area contributed by atoms with Crippen LogP contribution in [0.3, 0.4) is 0 Å². The van der Waals surface area contributed by atoms with Crippen molar-refractivity contribution in [3.8, 4) is 16.8 Å². The van der Waals surface area contributed by atoms with Gasteiger partial charge in [0, 0.05) is 34.3 Å². The van der Waals surface area contributed by atoms with E-state index >= 15 is 0 Å². The number of allylic oxidation sites excluding steroid dienone is 3. The number of furan rings is 1. The van der Waals surface area contributed by atoms with Gasteiger partial charge in [-0.1, -0.05) is 128 Å². The molecule has 4 aliphatic rings. The zero-order valence-electron chi connectivity index (χ0n) is 30.7. The Balaban J connectivity index is 0.969. The highest BCUT2D eigenvalue weighted by Gasteiger charge is 2.44. The highest BCUT2D eigenvalue weighted by molar-refractivity contribution is 6.10. The topological polar surface area (TPSA) is 21.3 Å². The molecule has 0 bridgehead atoms. The van der Waals surface area contributed by atoms with Gasteiger partial charge in [0.1, 0.15) is 5.58 Å². The summed E-state index contributed by atoms with van der Waals surface area (Å²) in [4.78, 5) is 2.64. The van der Waals surface area contributed by atoms with Crippen LogP contribution in [0.1, 0.15) is 53.5 Å². The summed E-state index contributed by atoms with van der Waals surface area (Å²) in [7, 11) is 0. The first-order valence-corrected chi connectivity index (χ1v) is 19.9. The molecule has 1 saturated carbocycles. The van der Waals surface area contributed by atoms with Crippen molar-refractivity contribution in [1.29, 1.82) is 0 Å². The van der Waals surface area contributed by atoms with E-state index in [1.54, 1.807) is 0 Å². The number of fused-ring (bicyclic) bond motifs is 12. The molecule has 264 valence electrons. The number of anilines is 1. The lowest BCUT2D eigenvalue weighted by molar-refractivity contribution is 0.606. The van der Waals surface area contributed by atoms with Crippen molar-refractivity contribution in [2.75, 3.05) is 11.4 Å². The number of aromatic nitrogens is 1. The summed E-state index contributed by atoms with van der Waals surface area (Å²) in [5.41, 5.74) is 13.2. The van der Waals surface area contributed by atoms with Crippen molar-refractivity contribution < 1.29 is 4.42 Å². The van der Waals surface area contributed by atoms with Gasteiger partial charge in [-0.25, -0.2) is 0 Å². The number of benzene rings is 6. The predicted molar refractivity (Wildman–Crippen MR) is 230 cm³/mol. The Kier molecular flexibility index (Phi) is 6.69. The average Bonchev–Trinajstić information content (AvgIpc) is 3.81. The molecule has 4 atom stereocenters. The number of hydrogen-bond donors (Lipinski definition) is 0. The maximum absolute atomic E-state index is 6.98. The summed E-state index contributed by atoms with van der Waals surface area (Å²) in [6.45, 7) is 5.67. The fourth-order valence-electron chi connectivity index (χ4n) is 10.2. The van der Waals surface area contributed by atoms with Crippen molar-refractivity contribution in [3.05, 3.63) is 180 Å². The standard InChI is InChI=1S/C52H40N2O/c1-32-11-3-2-8-28-53(44-18-9-14-33-12-4-6-16-39(33)44)46-26-22-37-29-35(20-24-41(37)49(32)46)36-21-25-42-48(31-36)55-52-51(42)50-43-30-38(43)23-27-47(50)54(52)45-19-10-15-34-13-5-7-17-40(34)45/h3-7,9-27,29,31,38,43,46,49H,1-2,8,28,30H2/b11-3-. The second kappa shape index (κ2) is 11.8. The number of nitrogens with zero attached hydrogens (tertiary/aromatic N) is 2. The van der Waals surface area contributed by atoms with E-state index in [0.29, 0.717) is 11.8 Å². The van der Waals surface area contributed by atoms with E-state index in [0.717, 1.165) is 30.7 Å². The minimum absolute atomic E-state index is 0.149. The third-order valence-corrected chi connectivity index (χ3v) is 12.9. The van der Waals surface area contributed by atoms with E-state index < -0.39 is 0 Å². The molecule has 1 aliphatic heterocycles. The smallest absolute Gasteiger partial charge is 0.213 e. The molecular formula is C52H40N2O. The normalized spacial score (nSPS) is 21.9. The maximum atomic E-state index is 6.98. The average molecular weight is 709 g/mol. The van der Waals surface area contributed by atoms with Crippen LogP contribution in [0.5, 0.6) is 0 Å². The van der Waals surface area contributed by atoms with Crippen molar-refractivity contribution in [1.82, 2.24) is 4.57 Å². The van der Waals surface area contributed by atoms with Gasteiger partial charge < -0.3 is 9.32 Å². The molecule has 0 saturated heterocycles. The second-order valence-corrected chi connectivity index (χ2v) is 16.0. The van der Waals surface area contributed by atoms with Gasteiger partial charge in [-0.15, -0.1) is 0 Å². The van der Waals surface area contributed by atoms with Crippen molar-refractivity contribution >= 4 is 61.5 Å². The van der Waals surface area contributed by atoms with E-state index in [1.165, 1.54) is 89.2 Å². The third kappa shape index (κ3) is 4.69. The Hall–Kier alpha value is -6.32. The van der Waals surface area contributed by atoms with E-state index in [-0.39, 0.29) is 12.0 Å². The van der Waals surface area contributed by atoms with Crippen molar-refractivity contribution in [2.45, 2.75) is 37.1 Å². The molecule has 6 aromatic carbocycles. The summed E-state index contributed by atoms with van der Waals surface area (Å²) < 4.78 is 9.37. The van der Waals surface area contributed by atoms with Crippen LogP contribution in [-0.4, -0.2) is 17.2 Å². The fourth-order valence-corrected chi connectivity index (χ4v) is 10.2. The monoisotopic (exact) mass is 708 g/mol. The minimum atomic E-state index is 0.149. The van der Waals surface area contributed by atoms with Crippen molar-refractivity contribution in [2.24, 2.45) is 5.92 Å². The van der Waals surface area contributed by atoms with Crippen LogP contribution >= 0.6 is 0 Å². The quantitative estimate of drug-likeness (QED) is 0.182. The highest BCUT2D eigenvalue weighted by Crippen LogP contribution is 2.57. The molecule has 0 spiro atoms. The highest BCUT2D eigenvalue weighted by atomic mass is 16.3. The maximum Gasteiger partial charge on any atom is 0.213 e. The number of hydrogen-bond acceptors (Lipinski definition) is 2. The van der Waals surface area contributed by atoms with Gasteiger partial charge in [0.15, 0.2) is 0 Å². The Labute approximate surface area is 320 Å². The Morgan fingerprint density at radius 3 is 2.27 bits per heavy atom. The molecule has 0 radical (unpaired) electrons. The largest absolute Gasteiger partial charge is 0.439 e. The molecule has 4 unspecified atom stereocenters. The molecule has 3 heterocycles. The van der Waals surface area contributed by atoms with Gasteiger partial charge in [0.25, 0.3) is 0 Å². The Bertz CT molecular complexity index is 2990. The fraction of sp³-hybridized carbons (Fsp3) is 0.154. The van der Waals surface area contributed by atoms with Crippen LogP contribution in [-0.2, 0) is 0 Å². The SMILES string of the molecule is C=C1/C=C\CCCN(c2cccc3ccccc23)C2C=Cc3cc(-c4ccc5c(c4)oc4c5c5c(n4-c4cccc6ccccc46)C=CC4CC54)ccc3C12. The first-order chi connectivity index (χ1) is 27.2. The van der Waals surface area contributed by atoms with E-state index in [4.69, 9.17) is 4.42 Å². The van der Waals surface area contributed by atoms with Gasteiger partial charge in [-0.2, -0.15) is 0 Å². The molecule has 3 heteroatoms. The summed E-state index contributed by atoms with van der Waals surface area (Å²) in [5, 5.41) is 7.55. The van der Waals surface area contributed by atoms with Crippen LogP contribution in [0.2, 0.25) is 0 Å². The lowest BCUT2D eigenvalue weighted by atomic mass is 9.77. The van der Waals surface area contributed by atoms with Crippen LogP contribution in [0.15, 0.2) is 162 Å². The molecule has 55 heavy (non-hydrogen) atoms. The summed E-state index contributed by atoms with van der Waals surface area (Å²) in [6.07, 6.45) is 17.5. The molecule has 2 aromatic heterocycles. The molecule has 8 aromatic rings. The molecule has 12 rings (SSSR count). The molecular weight excluding hydrogens is 669 g/mol. The van der Waals surface area contributed by atoms with Gasteiger partial charge in [-0.3, -0.25) is 4.57 Å². The molecule has 3 aliphatic carbocycles. The van der Waals surface area contributed by atoms with Crippen LogP contribution < -0.4 is 4.90 Å². The van der Waals surface area contributed by atoms with Crippen molar-refractivity contribution in [3.63, 3.8) is 0 Å². The summed E-state index contributed by atoms with van der Waals surface area (Å²) >= 11 is 0. The zero-order valence-corrected chi connectivity index (χ0v) is 30.7. The van der Waals surface area contributed by atoms with Crippen LogP contribution in [0, 0.1) is 5.92 Å². The Morgan fingerprint density at radius 1 is 0.673 bits per heavy atom. The first-order valence-electron chi connectivity index (χ1n) is 19.9. The molecule has 1 fully saturated rings. The van der Waals surface area contributed by atoms with Crippen LogP contribution in [0.25, 0.3) is 72.6 Å². The summed E-state index contributed by atoms with van der Waals surface area (Å²) in [6, 6.07) is 44.9. The van der Waals surface area contributed by atoms with Gasteiger partial charge in [-0.05, 0) is 112 Å². The summed E-state index contributed by atoms with van der Waals surface area (Å²) in [5.74, 6) is 1.35. The second-order valence-electron chi connectivity index (χ2n) is 16.0. The van der Waals surface area contributed by atoms with Gasteiger partial charge in [0.05, 0.1) is 22.8 Å². The Morgan fingerprint density at radius 2 is 1.42 bits per heavy atom. The lowest BCUT2D eigenvalue weighted by Gasteiger charge is -2.40. The molecule has 0 amide bonds. The van der Waals surface area contributed by atoms with Crippen LogP contribution in [0.4, 0.5) is 5.69 Å². The lowest BCUT2D eigenvalue weighted by Crippen LogP contribution is -2.41. The predicted octanol–water partition coefficient (Wildman–Crippen LogP) is 13.4. The molecule has 3 nitrogen and oxygen atoms in total. The first kappa shape index (κ1) is 31.1. The van der Waals surface area contributed by atoms with E-state index in [9.17, 15) is 0 Å².